The fourth-order valence-corrected chi connectivity index (χ4v) is 5.23. The van der Waals surface area contributed by atoms with Gasteiger partial charge in [0, 0.05) is 36.8 Å². The van der Waals surface area contributed by atoms with Gasteiger partial charge in [0.15, 0.2) is 6.29 Å². The van der Waals surface area contributed by atoms with Crippen LogP contribution in [-0.2, 0) is 37.9 Å². The maximum atomic E-state index is 13.5. The first-order valence-electron chi connectivity index (χ1n) is 15.2. The Morgan fingerprint density at radius 1 is 0.958 bits per heavy atom. The van der Waals surface area contributed by atoms with Crippen molar-refractivity contribution in [2.45, 2.75) is 90.7 Å². The van der Waals surface area contributed by atoms with Crippen LogP contribution in [0, 0.1) is 5.41 Å². The van der Waals surface area contributed by atoms with Crippen molar-refractivity contribution >= 4 is 12.2 Å². The molecular weight excluding hydrogens is 663 g/mol. The molecule has 48 heavy (non-hydrogen) atoms. The molecule has 1 aliphatic heterocycles. The van der Waals surface area contributed by atoms with E-state index >= 15 is 0 Å². The first-order chi connectivity index (χ1) is 22.2. The quantitative estimate of drug-likeness (QED) is 0.114. The van der Waals surface area contributed by atoms with Gasteiger partial charge >= 0.3 is 18.7 Å². The lowest BCUT2D eigenvalue weighted by atomic mass is 9.95. The summed E-state index contributed by atoms with van der Waals surface area (Å²) >= 11 is 0. The Morgan fingerprint density at radius 2 is 1.56 bits per heavy atom. The number of alkyl halides is 9. The SMILES string of the molecule is CCN(CCCCC1OCC(C)(C)CO1)c1ccc(OC(F)(F)F)cc1CNC(C)C(OC=O)c1cc(C(F)(F)F)cc(C(F)(F)F)c1. The molecule has 1 aliphatic rings. The zero-order valence-corrected chi connectivity index (χ0v) is 26.8. The van der Waals surface area contributed by atoms with E-state index in [1.165, 1.54) is 13.0 Å². The molecule has 7 nitrogen and oxygen atoms in total. The molecule has 2 unspecified atom stereocenters. The molecular formula is C32H39F9N2O5. The minimum Gasteiger partial charge on any atom is -0.458 e. The molecule has 2 atom stereocenters. The van der Waals surface area contributed by atoms with E-state index in [0.717, 1.165) is 18.6 Å². The van der Waals surface area contributed by atoms with E-state index in [-0.39, 0.29) is 36.4 Å². The van der Waals surface area contributed by atoms with Crippen LogP contribution in [0.2, 0.25) is 0 Å². The van der Waals surface area contributed by atoms with Crippen molar-refractivity contribution in [3.05, 3.63) is 58.7 Å². The van der Waals surface area contributed by atoms with Gasteiger partial charge in [0.05, 0.1) is 24.3 Å². The number of hydrogen-bond donors (Lipinski definition) is 1. The van der Waals surface area contributed by atoms with Crippen molar-refractivity contribution in [3.8, 4) is 5.75 Å². The van der Waals surface area contributed by atoms with Gasteiger partial charge in [-0.2, -0.15) is 26.3 Å². The Kier molecular flexibility index (Phi) is 13.1. The standard InChI is InChI=1S/C32H39F9N2O5/c1-5-43(11-7-6-8-27-45-17-29(3,4)18-46-27)26-10-9-25(48-32(39,40)41)14-22(26)16-42-20(2)28(47-19-44)21-12-23(30(33,34)35)15-24(13-21)31(36,37)38/h9-10,12-15,19-20,27-28,42H,5-8,11,16-18H2,1-4H3. The van der Waals surface area contributed by atoms with Gasteiger partial charge in [-0.05, 0) is 80.6 Å². The smallest absolute Gasteiger partial charge is 0.458 e. The zero-order valence-electron chi connectivity index (χ0n) is 26.8. The van der Waals surface area contributed by atoms with E-state index in [4.69, 9.17) is 14.2 Å². The number of ether oxygens (including phenoxy) is 4. The second-order valence-corrected chi connectivity index (χ2v) is 12.3. The first kappa shape index (κ1) is 39.2. The van der Waals surface area contributed by atoms with Crippen LogP contribution in [0.4, 0.5) is 45.2 Å². The Bertz CT molecular complexity index is 1310. The van der Waals surface area contributed by atoms with Crippen molar-refractivity contribution in [2.75, 3.05) is 31.2 Å². The van der Waals surface area contributed by atoms with Gasteiger partial charge in [-0.25, -0.2) is 0 Å². The van der Waals surface area contributed by atoms with Crippen LogP contribution in [0.5, 0.6) is 5.75 Å². The van der Waals surface area contributed by atoms with Crippen molar-refractivity contribution in [1.82, 2.24) is 5.32 Å². The van der Waals surface area contributed by atoms with Gasteiger partial charge in [-0.3, -0.25) is 4.79 Å². The molecule has 0 radical (unpaired) electrons. The van der Waals surface area contributed by atoms with Crippen molar-refractivity contribution in [2.24, 2.45) is 5.41 Å². The predicted molar refractivity (Wildman–Crippen MR) is 157 cm³/mol. The monoisotopic (exact) mass is 702 g/mol. The average Bonchev–Trinajstić information content (AvgIpc) is 2.98. The highest BCUT2D eigenvalue weighted by molar-refractivity contribution is 5.56. The molecule has 0 bridgehead atoms. The summed E-state index contributed by atoms with van der Waals surface area (Å²) in [6, 6.07) is 3.47. The summed E-state index contributed by atoms with van der Waals surface area (Å²) in [4.78, 5) is 13.2. The van der Waals surface area contributed by atoms with Crippen LogP contribution < -0.4 is 15.0 Å². The fourth-order valence-electron chi connectivity index (χ4n) is 5.23. The zero-order chi connectivity index (χ0) is 35.9. The number of benzene rings is 2. The van der Waals surface area contributed by atoms with Gasteiger partial charge < -0.3 is 29.2 Å². The Hall–Kier alpha value is -3.24. The Labute approximate surface area is 272 Å². The number of nitrogens with one attached hydrogen (secondary N) is 1. The predicted octanol–water partition coefficient (Wildman–Crippen LogP) is 8.41. The number of unbranched alkanes of at least 4 members (excludes halogenated alkanes) is 1. The van der Waals surface area contributed by atoms with E-state index in [9.17, 15) is 44.3 Å². The second kappa shape index (κ2) is 16.0. The molecule has 0 spiro atoms. The van der Waals surface area contributed by atoms with E-state index in [0.29, 0.717) is 57.0 Å². The maximum absolute atomic E-state index is 13.5. The third-order valence-corrected chi connectivity index (χ3v) is 7.65. The number of carbonyl (C=O) groups excluding carboxylic acids is 1. The van der Waals surface area contributed by atoms with E-state index in [1.54, 1.807) is 0 Å². The lowest BCUT2D eigenvalue weighted by molar-refractivity contribution is -0.274. The molecule has 270 valence electrons. The van der Waals surface area contributed by atoms with Crippen LogP contribution in [-0.4, -0.2) is 51.5 Å². The van der Waals surface area contributed by atoms with Crippen molar-refractivity contribution in [1.29, 1.82) is 0 Å². The summed E-state index contributed by atoms with van der Waals surface area (Å²) in [6.07, 6.45) is -15.2. The van der Waals surface area contributed by atoms with E-state index in [1.807, 2.05) is 25.7 Å². The van der Waals surface area contributed by atoms with E-state index < -0.39 is 53.3 Å². The molecule has 0 saturated carbocycles. The highest BCUT2D eigenvalue weighted by Gasteiger charge is 2.38. The molecule has 1 N–H and O–H groups in total. The number of rotatable bonds is 15. The van der Waals surface area contributed by atoms with Gasteiger partial charge in [0.1, 0.15) is 11.9 Å². The number of hydrogen-bond acceptors (Lipinski definition) is 7. The number of halogens is 9. The molecule has 1 heterocycles. The highest BCUT2D eigenvalue weighted by Crippen LogP contribution is 2.39. The molecule has 0 aliphatic carbocycles. The number of nitrogens with zero attached hydrogens (tertiary/aromatic N) is 1. The normalized spacial score (nSPS) is 17.1. The molecule has 16 heteroatoms. The topological polar surface area (TPSA) is 69.3 Å². The molecule has 1 saturated heterocycles. The van der Waals surface area contributed by atoms with Crippen LogP contribution >= 0.6 is 0 Å². The van der Waals surface area contributed by atoms with Crippen LogP contribution in [0.25, 0.3) is 0 Å². The lowest BCUT2D eigenvalue weighted by Crippen LogP contribution is -2.37. The van der Waals surface area contributed by atoms with Gasteiger partial charge in [-0.1, -0.05) is 13.8 Å². The highest BCUT2D eigenvalue weighted by atomic mass is 19.4. The summed E-state index contributed by atoms with van der Waals surface area (Å²) in [6.45, 7) is 9.02. The van der Waals surface area contributed by atoms with Crippen molar-refractivity contribution in [3.63, 3.8) is 0 Å². The molecule has 0 amide bonds. The first-order valence-corrected chi connectivity index (χ1v) is 15.2. The van der Waals surface area contributed by atoms with Crippen LogP contribution in [0.1, 0.15) is 75.3 Å². The molecule has 1 fully saturated rings. The van der Waals surface area contributed by atoms with Gasteiger partial charge in [-0.15, -0.1) is 13.2 Å². The third kappa shape index (κ3) is 11.7. The van der Waals surface area contributed by atoms with Crippen LogP contribution in [0.3, 0.4) is 0 Å². The Morgan fingerprint density at radius 3 is 2.08 bits per heavy atom. The lowest BCUT2D eigenvalue weighted by Gasteiger charge is -2.34. The van der Waals surface area contributed by atoms with Crippen LogP contribution in [0.15, 0.2) is 36.4 Å². The molecule has 2 aromatic carbocycles. The summed E-state index contributed by atoms with van der Waals surface area (Å²) in [5.74, 6) is -0.533. The average molecular weight is 703 g/mol. The largest absolute Gasteiger partial charge is 0.573 e. The van der Waals surface area contributed by atoms with E-state index in [2.05, 4.69) is 10.1 Å². The van der Waals surface area contributed by atoms with Gasteiger partial charge in [0.25, 0.3) is 6.47 Å². The Balaban J connectivity index is 1.82. The minimum absolute atomic E-state index is 0.0484. The summed E-state index contributed by atoms with van der Waals surface area (Å²) in [5, 5.41) is 2.88. The maximum Gasteiger partial charge on any atom is 0.573 e. The summed E-state index contributed by atoms with van der Waals surface area (Å²) in [7, 11) is 0. The third-order valence-electron chi connectivity index (χ3n) is 7.65. The van der Waals surface area contributed by atoms with Crippen molar-refractivity contribution < 1.29 is 63.3 Å². The molecule has 3 rings (SSSR count). The molecule has 0 aromatic heterocycles. The number of anilines is 1. The van der Waals surface area contributed by atoms with Gasteiger partial charge in [0.2, 0.25) is 0 Å². The summed E-state index contributed by atoms with van der Waals surface area (Å²) < 4.78 is 141. The fraction of sp³-hybridized carbons (Fsp3) is 0.594. The summed E-state index contributed by atoms with van der Waals surface area (Å²) in [5.41, 5.74) is -3.03. The minimum atomic E-state index is -5.14. The number of carbonyl (C=O) groups is 1. The molecule has 2 aromatic rings. The second-order valence-electron chi connectivity index (χ2n) is 12.3.